The third-order valence-corrected chi connectivity index (χ3v) is 7.62. The van der Waals surface area contributed by atoms with Gasteiger partial charge < -0.3 is 63.8 Å². The zero-order chi connectivity index (χ0) is 31.8. The van der Waals surface area contributed by atoms with Crippen LogP contribution in [0.25, 0.3) is 0 Å². The van der Waals surface area contributed by atoms with Gasteiger partial charge in [0, 0.05) is 12.5 Å². The first kappa shape index (κ1) is 31.9. The Morgan fingerprint density at radius 2 is 1.75 bits per heavy atom. The molecule has 15 nitrogen and oxygen atoms in total. The Balaban J connectivity index is 1.18. The lowest BCUT2D eigenvalue weighted by Crippen LogP contribution is -2.60. The zero-order valence-corrected chi connectivity index (χ0v) is 23.8. The van der Waals surface area contributed by atoms with E-state index in [1.165, 1.54) is 25.3 Å². The quantitative estimate of drug-likeness (QED) is 0.185. The van der Waals surface area contributed by atoms with Gasteiger partial charge in [0.1, 0.15) is 66.0 Å². The lowest BCUT2D eigenvalue weighted by molar-refractivity contribution is -0.289. The van der Waals surface area contributed by atoms with Crippen LogP contribution in [0.3, 0.4) is 0 Å². The Kier molecular flexibility index (Phi) is 9.29. The van der Waals surface area contributed by atoms with E-state index in [4.69, 9.17) is 33.2 Å². The summed E-state index contributed by atoms with van der Waals surface area (Å²) < 4.78 is 37.5. The van der Waals surface area contributed by atoms with E-state index >= 15 is 0 Å². The van der Waals surface area contributed by atoms with E-state index in [-0.39, 0.29) is 16.9 Å². The number of rotatable bonds is 9. The maximum absolute atomic E-state index is 12.4. The Morgan fingerprint density at radius 1 is 1.02 bits per heavy atom. The summed E-state index contributed by atoms with van der Waals surface area (Å²) in [5.74, 6) is -1.30. The topological polar surface area (TPSA) is 220 Å². The van der Waals surface area contributed by atoms with Crippen LogP contribution in [-0.2, 0) is 30.1 Å². The molecular formula is C29H34O15. The van der Waals surface area contributed by atoms with Crippen molar-refractivity contribution < 1.29 is 73.4 Å². The predicted molar refractivity (Wildman–Crippen MR) is 144 cm³/mol. The van der Waals surface area contributed by atoms with Gasteiger partial charge in [0.2, 0.25) is 6.29 Å². The van der Waals surface area contributed by atoms with Gasteiger partial charge in [0.15, 0.2) is 11.9 Å². The van der Waals surface area contributed by atoms with E-state index in [1.54, 1.807) is 19.1 Å². The molecule has 2 fully saturated rings. The molecule has 2 aromatic carbocycles. The number of carbonyl (C=O) groups excluding carboxylic acids is 2. The van der Waals surface area contributed by atoms with Crippen molar-refractivity contribution in [3.05, 3.63) is 53.1 Å². The summed E-state index contributed by atoms with van der Waals surface area (Å²) in [6.45, 7) is 0.117. The highest BCUT2D eigenvalue weighted by Crippen LogP contribution is 2.35. The van der Waals surface area contributed by atoms with E-state index in [9.17, 15) is 40.2 Å². The van der Waals surface area contributed by atoms with Crippen molar-refractivity contribution in [2.24, 2.45) is 0 Å². The molecule has 15 heteroatoms. The minimum Gasteiger partial charge on any atom is -0.507 e. The maximum atomic E-state index is 12.4. The molecule has 0 unspecified atom stereocenters. The van der Waals surface area contributed by atoms with Crippen LogP contribution >= 0.6 is 0 Å². The van der Waals surface area contributed by atoms with Crippen molar-refractivity contribution in [1.82, 2.24) is 0 Å². The number of hydrogen-bond donors (Lipinski definition) is 6. The van der Waals surface area contributed by atoms with Gasteiger partial charge in [0.05, 0.1) is 25.9 Å². The number of ether oxygens (including phenoxy) is 7. The zero-order valence-electron chi connectivity index (χ0n) is 23.8. The fourth-order valence-corrected chi connectivity index (χ4v) is 5.11. The van der Waals surface area contributed by atoms with Crippen LogP contribution < -0.4 is 9.47 Å². The number of aliphatic hydroxyl groups excluding tert-OH is 4. The molecule has 6 N–H and O–H groups in total. The Morgan fingerprint density at radius 3 is 2.45 bits per heavy atom. The lowest BCUT2D eigenvalue weighted by atomic mass is 9.97. The average molecular weight is 623 g/mol. The molecule has 240 valence electrons. The molecule has 0 aromatic heterocycles. The number of phenolic OH excluding ortho intramolecular Hbond substituents is 1. The molecule has 0 amide bonds. The van der Waals surface area contributed by atoms with E-state index < -0.39 is 92.3 Å². The molecule has 9 atom stereocenters. The first-order valence-corrected chi connectivity index (χ1v) is 13.8. The minimum atomic E-state index is -2.02. The molecule has 0 spiro atoms. The van der Waals surface area contributed by atoms with E-state index in [2.05, 4.69) is 0 Å². The number of phenols is 1. The second-order valence-corrected chi connectivity index (χ2v) is 10.9. The molecule has 0 bridgehead atoms. The molecule has 3 heterocycles. The number of aliphatic hydroxyl groups is 5. The van der Waals surface area contributed by atoms with Gasteiger partial charge in [-0.25, -0.2) is 9.59 Å². The van der Waals surface area contributed by atoms with Crippen molar-refractivity contribution in [1.29, 1.82) is 0 Å². The van der Waals surface area contributed by atoms with E-state index in [0.717, 1.165) is 6.07 Å². The van der Waals surface area contributed by atoms with Crippen LogP contribution in [0.1, 0.15) is 33.2 Å². The van der Waals surface area contributed by atoms with Gasteiger partial charge in [-0.3, -0.25) is 0 Å². The first-order chi connectivity index (χ1) is 20.9. The monoisotopic (exact) mass is 622 g/mol. The Hall–Kier alpha value is -3.54. The molecule has 0 aliphatic carbocycles. The largest absolute Gasteiger partial charge is 0.507 e. The van der Waals surface area contributed by atoms with Gasteiger partial charge in [-0.1, -0.05) is 0 Å². The standard InChI is InChI=1S/C29H34O15/c1-13-7-15-8-17(9-18(30)20(15)26(36)42-13)43-27-23(33)22(32)21(31)19(44-27)10-39-28-24(34)29(37,12-41-28)11-40-25(35)14-3-5-16(38-2)6-4-14/h3-6,8-9,13,19,21-24,27-28,30-34,37H,7,10-12H2,1-2H3/t13-,19-,21-,22+,23-,24+,27-,28-,29-/m1/s1. The van der Waals surface area contributed by atoms with Crippen molar-refractivity contribution in [3.63, 3.8) is 0 Å². The Bertz CT molecular complexity index is 1350. The molecule has 0 radical (unpaired) electrons. The molecular weight excluding hydrogens is 588 g/mol. The van der Waals surface area contributed by atoms with Crippen molar-refractivity contribution in [2.75, 3.05) is 26.9 Å². The van der Waals surface area contributed by atoms with E-state index in [1.807, 2.05) is 0 Å². The first-order valence-electron chi connectivity index (χ1n) is 13.8. The summed E-state index contributed by atoms with van der Waals surface area (Å²) in [5.41, 5.74) is -1.38. The number of cyclic esters (lactones) is 1. The van der Waals surface area contributed by atoms with Crippen LogP contribution in [0.4, 0.5) is 0 Å². The SMILES string of the molecule is COc1ccc(C(=O)OC[C@@]2(O)CO[C@@H](OC[C@H]3O[C@@H](Oc4cc(O)c5c(c4)C[C@@H](C)OC5=O)[C@H](O)[C@@H](O)[C@@H]3O)[C@@H]2O)cc1. The highest BCUT2D eigenvalue weighted by molar-refractivity contribution is 5.95. The second-order valence-electron chi connectivity index (χ2n) is 10.9. The number of esters is 2. The lowest BCUT2D eigenvalue weighted by Gasteiger charge is -2.40. The normalized spacial score (nSPS) is 33.3. The molecule has 2 aromatic rings. The van der Waals surface area contributed by atoms with Crippen LogP contribution in [-0.4, -0.2) is 124 Å². The van der Waals surface area contributed by atoms with Crippen molar-refractivity contribution in [3.8, 4) is 17.2 Å². The van der Waals surface area contributed by atoms with Gasteiger partial charge in [0.25, 0.3) is 0 Å². The number of methoxy groups -OCH3 is 1. The number of carbonyl (C=O) groups is 2. The molecule has 5 rings (SSSR count). The molecule has 3 aliphatic rings. The number of fused-ring (bicyclic) bond motifs is 1. The van der Waals surface area contributed by atoms with Crippen molar-refractivity contribution >= 4 is 11.9 Å². The number of benzene rings is 2. The molecule has 44 heavy (non-hydrogen) atoms. The molecule has 3 aliphatic heterocycles. The number of aromatic hydroxyl groups is 1. The third-order valence-electron chi connectivity index (χ3n) is 7.62. The minimum absolute atomic E-state index is 0.00660. The van der Waals surface area contributed by atoms with Gasteiger partial charge in [-0.2, -0.15) is 0 Å². The van der Waals surface area contributed by atoms with Crippen LogP contribution in [0.5, 0.6) is 17.2 Å². The summed E-state index contributed by atoms with van der Waals surface area (Å²) in [5, 5.41) is 63.3. The maximum Gasteiger partial charge on any atom is 0.342 e. The summed E-state index contributed by atoms with van der Waals surface area (Å²) in [6, 6.07) is 8.66. The molecule has 0 saturated carbocycles. The van der Waals surface area contributed by atoms with Crippen LogP contribution in [0.15, 0.2) is 36.4 Å². The average Bonchev–Trinajstić information content (AvgIpc) is 3.28. The predicted octanol–water partition coefficient (Wildman–Crippen LogP) is -0.989. The van der Waals surface area contributed by atoms with E-state index in [0.29, 0.717) is 17.7 Å². The highest BCUT2D eigenvalue weighted by atomic mass is 16.7. The van der Waals surface area contributed by atoms with Gasteiger partial charge >= 0.3 is 11.9 Å². The van der Waals surface area contributed by atoms with Crippen LogP contribution in [0.2, 0.25) is 0 Å². The highest BCUT2D eigenvalue weighted by Gasteiger charge is 2.51. The third kappa shape index (κ3) is 6.45. The summed E-state index contributed by atoms with van der Waals surface area (Å²) in [7, 11) is 1.48. The smallest absolute Gasteiger partial charge is 0.342 e. The van der Waals surface area contributed by atoms with Crippen LogP contribution in [0, 0.1) is 0 Å². The molecule has 2 saturated heterocycles. The summed E-state index contributed by atoms with van der Waals surface area (Å²) >= 11 is 0. The fraction of sp³-hybridized carbons (Fsp3) is 0.517. The van der Waals surface area contributed by atoms with Gasteiger partial charge in [-0.05, 0) is 42.8 Å². The number of hydrogen-bond acceptors (Lipinski definition) is 15. The fourth-order valence-electron chi connectivity index (χ4n) is 5.11. The summed E-state index contributed by atoms with van der Waals surface area (Å²) in [6.07, 6.45) is -11.2. The summed E-state index contributed by atoms with van der Waals surface area (Å²) in [4.78, 5) is 24.5. The second kappa shape index (κ2) is 12.8. The van der Waals surface area contributed by atoms with Gasteiger partial charge in [-0.15, -0.1) is 0 Å². The van der Waals surface area contributed by atoms with Crippen molar-refractivity contribution in [2.45, 2.75) is 68.1 Å². The Labute approximate surface area is 251 Å².